The number of hydrogen-bond acceptors (Lipinski definition) is 4. The van der Waals surface area contributed by atoms with Gasteiger partial charge in [-0.3, -0.25) is 9.69 Å². The Kier molecular flexibility index (Phi) is 6.78. The second kappa shape index (κ2) is 9.32. The van der Waals surface area contributed by atoms with Gasteiger partial charge in [-0.1, -0.05) is 30.3 Å². The molecule has 2 N–H and O–H groups in total. The average Bonchev–Trinajstić information content (AvgIpc) is 2.82. The summed E-state index contributed by atoms with van der Waals surface area (Å²) in [5.41, 5.74) is -5.03. The highest BCUT2D eigenvalue weighted by molar-refractivity contribution is 5.90. The summed E-state index contributed by atoms with van der Waals surface area (Å²) in [5, 5.41) is 12.3. The highest BCUT2D eigenvalue weighted by Gasteiger charge is 2.56. The number of hydrogen-bond donors (Lipinski definition) is 2. The number of rotatable bonds is 6. The maximum absolute atomic E-state index is 13.3. The summed E-state index contributed by atoms with van der Waals surface area (Å²) in [4.78, 5) is 26.1. The van der Waals surface area contributed by atoms with Crippen LogP contribution in [0.1, 0.15) is 48.1 Å². The molecule has 0 saturated carbocycles. The molecule has 0 aromatic heterocycles. The van der Waals surface area contributed by atoms with Crippen LogP contribution in [0, 0.1) is 0 Å². The van der Waals surface area contributed by atoms with Gasteiger partial charge in [0.2, 0.25) is 5.91 Å². The lowest BCUT2D eigenvalue weighted by atomic mass is 9.73. The molecule has 2 aromatic rings. The van der Waals surface area contributed by atoms with Gasteiger partial charge in [-0.2, -0.15) is 26.3 Å². The number of ether oxygens (including phenoxy) is 1. The van der Waals surface area contributed by atoms with E-state index in [4.69, 9.17) is 4.74 Å². The smallest absolute Gasteiger partial charge is 0.416 e. The van der Waals surface area contributed by atoms with Crippen LogP contribution < -0.4 is 5.32 Å². The number of carbonyl (C=O) groups is 2. The standard InChI is InChI=1S/C25H24F6N2O4/c1-15(16-9-18(24(26,27)28)11-19(10-16)25(29,30)31)37-14-23(17-5-3-2-4-6-17)8-7-22(21(35)36)13-33(23)12-20(34)32-22/h2-6,9-11,15H,7-8,12-14H2,1H3,(H,32,34)(H,35,36)/t15-,22-,23-/m1/s1. The van der Waals surface area contributed by atoms with Crippen LogP contribution in [0.25, 0.3) is 0 Å². The number of amides is 1. The number of fused-ring (bicyclic) bond motifs is 2. The van der Waals surface area contributed by atoms with E-state index in [2.05, 4.69) is 5.32 Å². The molecule has 2 aromatic carbocycles. The minimum atomic E-state index is -4.99. The van der Waals surface area contributed by atoms with Crippen molar-refractivity contribution in [2.45, 2.75) is 49.3 Å². The number of alkyl halides is 6. The Balaban J connectivity index is 1.68. The second-order valence-corrected chi connectivity index (χ2v) is 9.48. The minimum Gasteiger partial charge on any atom is -0.479 e. The van der Waals surface area contributed by atoms with E-state index in [1.165, 1.54) is 6.92 Å². The van der Waals surface area contributed by atoms with Crippen LogP contribution in [0.3, 0.4) is 0 Å². The molecule has 4 atom stereocenters. The van der Waals surface area contributed by atoms with Crippen LogP contribution in [0.4, 0.5) is 26.3 Å². The SMILES string of the molecule is C[C@@H](OC[C@@]1(c2ccccc2)CC[C@]2(C(=O)O)CN1CC(=O)N2)c1cc(C(F)(F)F)cc(C(F)(F)F)c1. The van der Waals surface area contributed by atoms with Crippen LogP contribution in [-0.4, -0.2) is 47.1 Å². The van der Waals surface area contributed by atoms with Crippen LogP contribution in [0.5, 0.6) is 0 Å². The van der Waals surface area contributed by atoms with Gasteiger partial charge in [0.05, 0.1) is 35.9 Å². The number of carboxylic acids is 1. The lowest BCUT2D eigenvalue weighted by molar-refractivity contribution is -0.164. The van der Waals surface area contributed by atoms with Crippen LogP contribution in [0.2, 0.25) is 0 Å². The molecule has 37 heavy (non-hydrogen) atoms. The fourth-order valence-electron chi connectivity index (χ4n) is 5.05. The highest BCUT2D eigenvalue weighted by atomic mass is 19.4. The first kappa shape index (κ1) is 26.9. The number of aliphatic carboxylic acids is 1. The topological polar surface area (TPSA) is 78.9 Å². The summed E-state index contributed by atoms with van der Waals surface area (Å²) in [6.45, 7) is 0.965. The van der Waals surface area contributed by atoms with Crippen molar-refractivity contribution in [1.82, 2.24) is 10.2 Å². The third-order valence-corrected chi connectivity index (χ3v) is 7.12. The molecule has 12 heteroatoms. The van der Waals surface area contributed by atoms with Gasteiger partial charge in [0.1, 0.15) is 0 Å². The molecule has 200 valence electrons. The number of nitrogens with zero attached hydrogens (tertiary/aromatic N) is 1. The van der Waals surface area contributed by atoms with Crippen LogP contribution in [0.15, 0.2) is 48.5 Å². The maximum Gasteiger partial charge on any atom is 0.416 e. The molecule has 0 spiro atoms. The Morgan fingerprint density at radius 3 is 2.19 bits per heavy atom. The first-order valence-electron chi connectivity index (χ1n) is 11.4. The van der Waals surface area contributed by atoms with E-state index in [0.29, 0.717) is 17.7 Å². The Morgan fingerprint density at radius 2 is 1.65 bits per heavy atom. The summed E-state index contributed by atoms with van der Waals surface area (Å²) in [6.07, 6.45) is -10.9. The molecular weight excluding hydrogens is 506 g/mol. The monoisotopic (exact) mass is 530 g/mol. The molecule has 2 fully saturated rings. The van der Waals surface area contributed by atoms with Gasteiger partial charge < -0.3 is 15.2 Å². The zero-order chi connectivity index (χ0) is 27.2. The minimum absolute atomic E-state index is 0.0392. The Morgan fingerprint density at radius 1 is 1.05 bits per heavy atom. The van der Waals surface area contributed by atoms with E-state index >= 15 is 0 Å². The Bertz CT molecular complexity index is 1150. The van der Waals surface area contributed by atoms with E-state index in [0.717, 1.165) is 0 Å². The lowest BCUT2D eigenvalue weighted by Gasteiger charge is -2.55. The molecule has 0 radical (unpaired) electrons. The zero-order valence-electron chi connectivity index (χ0n) is 19.6. The third-order valence-electron chi connectivity index (χ3n) is 7.12. The fourth-order valence-corrected chi connectivity index (χ4v) is 5.05. The Labute approximate surface area is 208 Å². The Hall–Kier alpha value is -3.12. The maximum atomic E-state index is 13.3. The molecule has 2 heterocycles. The number of carboxylic acid groups (broad SMARTS) is 1. The van der Waals surface area contributed by atoms with Crippen molar-refractivity contribution < 1.29 is 45.8 Å². The average molecular weight is 530 g/mol. The van der Waals surface area contributed by atoms with Gasteiger partial charge in [-0.25, -0.2) is 4.79 Å². The number of piperidine rings is 1. The summed E-state index contributed by atoms with van der Waals surface area (Å²) in [6, 6.07) is 10.1. The lowest BCUT2D eigenvalue weighted by Crippen LogP contribution is -2.74. The summed E-state index contributed by atoms with van der Waals surface area (Å²) in [7, 11) is 0. The number of benzene rings is 2. The summed E-state index contributed by atoms with van der Waals surface area (Å²) >= 11 is 0. The highest BCUT2D eigenvalue weighted by Crippen LogP contribution is 2.44. The molecule has 4 rings (SSSR count). The van der Waals surface area contributed by atoms with Crippen LogP contribution >= 0.6 is 0 Å². The first-order chi connectivity index (χ1) is 17.2. The van der Waals surface area contributed by atoms with Crippen molar-refractivity contribution in [1.29, 1.82) is 0 Å². The predicted molar refractivity (Wildman–Crippen MR) is 118 cm³/mol. The predicted octanol–water partition coefficient (Wildman–Crippen LogP) is 4.75. The number of halogens is 6. The number of carbonyl (C=O) groups excluding carboxylic acids is 1. The van der Waals surface area contributed by atoms with Gasteiger partial charge in [0, 0.05) is 6.54 Å². The van der Waals surface area contributed by atoms with Gasteiger partial charge in [0.15, 0.2) is 5.54 Å². The normalized spacial score (nSPS) is 26.9. The van der Waals surface area contributed by atoms with Crippen molar-refractivity contribution in [3.63, 3.8) is 0 Å². The van der Waals surface area contributed by atoms with Gasteiger partial charge in [-0.15, -0.1) is 0 Å². The molecule has 2 bridgehead atoms. The quantitative estimate of drug-likeness (QED) is 0.528. The molecule has 6 nitrogen and oxygen atoms in total. The van der Waals surface area contributed by atoms with E-state index < -0.39 is 52.5 Å². The van der Waals surface area contributed by atoms with Gasteiger partial charge >= 0.3 is 18.3 Å². The number of piperazine rings is 1. The van der Waals surface area contributed by atoms with Crippen molar-refractivity contribution in [3.05, 3.63) is 70.8 Å². The van der Waals surface area contributed by atoms with E-state index in [9.17, 15) is 41.0 Å². The van der Waals surface area contributed by atoms with Crippen molar-refractivity contribution in [2.75, 3.05) is 19.7 Å². The molecule has 2 aliphatic rings. The van der Waals surface area contributed by atoms with E-state index in [1.54, 1.807) is 35.2 Å². The molecular formula is C25H24F6N2O4. The zero-order valence-corrected chi connectivity index (χ0v) is 19.6. The molecule has 2 saturated heterocycles. The third kappa shape index (κ3) is 5.17. The molecule has 2 aliphatic heterocycles. The van der Waals surface area contributed by atoms with E-state index in [-0.39, 0.29) is 44.2 Å². The summed E-state index contributed by atoms with van der Waals surface area (Å²) in [5.74, 6) is -1.69. The molecule has 1 amide bonds. The molecule has 1 unspecified atom stereocenters. The summed E-state index contributed by atoms with van der Waals surface area (Å²) < 4.78 is 85.9. The first-order valence-corrected chi connectivity index (χ1v) is 11.4. The van der Waals surface area contributed by atoms with Gasteiger partial charge in [0.25, 0.3) is 0 Å². The molecule has 0 aliphatic carbocycles. The van der Waals surface area contributed by atoms with Gasteiger partial charge in [-0.05, 0) is 49.1 Å². The largest absolute Gasteiger partial charge is 0.479 e. The number of nitrogens with one attached hydrogen (secondary N) is 1. The van der Waals surface area contributed by atoms with Crippen molar-refractivity contribution >= 4 is 11.9 Å². The fraction of sp³-hybridized carbons (Fsp3) is 0.440. The van der Waals surface area contributed by atoms with Crippen molar-refractivity contribution in [3.8, 4) is 0 Å². The van der Waals surface area contributed by atoms with Crippen molar-refractivity contribution in [2.24, 2.45) is 0 Å². The second-order valence-electron chi connectivity index (χ2n) is 9.48. The van der Waals surface area contributed by atoms with E-state index in [1.807, 2.05) is 0 Å². The van der Waals surface area contributed by atoms with Crippen LogP contribution in [-0.2, 0) is 32.2 Å².